The minimum Gasteiger partial charge on any atom is -0.491 e. The number of nitrogens with zero attached hydrogens (tertiary/aromatic N) is 2. The van der Waals surface area contributed by atoms with Crippen molar-refractivity contribution in [2.45, 2.75) is 32.4 Å². The van der Waals surface area contributed by atoms with Crippen LogP contribution in [0.15, 0.2) is 24.3 Å². The van der Waals surface area contributed by atoms with Crippen LogP contribution in [-0.2, 0) is 0 Å². The van der Waals surface area contributed by atoms with Gasteiger partial charge >= 0.3 is 0 Å². The van der Waals surface area contributed by atoms with Gasteiger partial charge in [0, 0.05) is 25.3 Å². The summed E-state index contributed by atoms with van der Waals surface area (Å²) < 4.78 is 5.65. The molecule has 1 aromatic rings. The Bertz CT molecular complexity index is 436. The highest BCUT2D eigenvalue weighted by Gasteiger charge is 2.22. The van der Waals surface area contributed by atoms with Gasteiger partial charge in [-0.1, -0.05) is 0 Å². The summed E-state index contributed by atoms with van der Waals surface area (Å²) in [5, 5.41) is 12.2. The zero-order valence-electron chi connectivity index (χ0n) is 11.6. The van der Waals surface area contributed by atoms with Gasteiger partial charge in [0.2, 0.25) is 0 Å². The number of benzene rings is 1. The second-order valence-electron chi connectivity index (χ2n) is 5.07. The first-order valence-corrected chi connectivity index (χ1v) is 6.81. The normalized spacial score (nSPS) is 19.3. The van der Waals surface area contributed by atoms with Crippen molar-refractivity contribution in [3.63, 3.8) is 0 Å². The summed E-state index contributed by atoms with van der Waals surface area (Å²) >= 11 is 0. The maximum atomic E-state index is 8.90. The molecule has 1 aliphatic rings. The van der Waals surface area contributed by atoms with E-state index in [2.05, 4.69) is 28.4 Å². The average Bonchev–Trinajstić information content (AvgIpc) is 2.40. The Kier molecular flexibility index (Phi) is 4.64. The predicted molar refractivity (Wildman–Crippen MR) is 76.4 cm³/mol. The molecule has 1 N–H and O–H groups in total. The van der Waals surface area contributed by atoms with E-state index in [-0.39, 0.29) is 12.1 Å². The number of nitrogens with one attached hydrogen (secondary N) is 1. The van der Waals surface area contributed by atoms with E-state index in [0.29, 0.717) is 6.42 Å². The second kappa shape index (κ2) is 6.44. The minimum atomic E-state index is 0.191. The third-order valence-electron chi connectivity index (χ3n) is 3.22. The minimum absolute atomic E-state index is 0.191. The molecule has 0 saturated carbocycles. The first kappa shape index (κ1) is 13.7. The van der Waals surface area contributed by atoms with Crippen molar-refractivity contribution < 1.29 is 4.74 Å². The molecule has 2 rings (SSSR count). The van der Waals surface area contributed by atoms with Crippen LogP contribution in [0.4, 0.5) is 5.69 Å². The number of hydrogen-bond acceptors (Lipinski definition) is 4. The third kappa shape index (κ3) is 3.62. The molecule has 4 heteroatoms. The van der Waals surface area contributed by atoms with E-state index in [0.717, 1.165) is 31.1 Å². The molecule has 4 nitrogen and oxygen atoms in total. The van der Waals surface area contributed by atoms with Gasteiger partial charge in [0.05, 0.1) is 24.6 Å². The van der Waals surface area contributed by atoms with Crippen LogP contribution in [0, 0.1) is 11.3 Å². The Morgan fingerprint density at radius 3 is 2.79 bits per heavy atom. The molecule has 1 fully saturated rings. The lowest BCUT2D eigenvalue weighted by Gasteiger charge is -2.37. The zero-order chi connectivity index (χ0) is 13.7. The number of nitriles is 1. The van der Waals surface area contributed by atoms with Gasteiger partial charge in [-0.3, -0.25) is 0 Å². The van der Waals surface area contributed by atoms with E-state index in [1.54, 1.807) is 0 Å². The summed E-state index contributed by atoms with van der Waals surface area (Å²) in [6.45, 7) is 6.82. The van der Waals surface area contributed by atoms with Gasteiger partial charge in [-0.05, 0) is 38.1 Å². The Balaban J connectivity index is 2.09. The van der Waals surface area contributed by atoms with E-state index in [9.17, 15) is 0 Å². The molecule has 1 aromatic carbocycles. The Hall–Kier alpha value is -1.73. The predicted octanol–water partition coefficient (Wildman–Crippen LogP) is 2.17. The molecule has 1 heterocycles. The van der Waals surface area contributed by atoms with Gasteiger partial charge in [-0.2, -0.15) is 5.26 Å². The molecule has 0 aliphatic carbocycles. The standard InChI is InChI=1S/C15H21N3O/c1-12(2)19-15-5-3-13(4-6-15)18-10-9-17-11-14(18)7-8-16/h3-6,12,14,17H,7,9-11H2,1-2H3. The maximum Gasteiger partial charge on any atom is 0.119 e. The Morgan fingerprint density at radius 2 is 2.16 bits per heavy atom. The van der Waals surface area contributed by atoms with Crippen molar-refractivity contribution in [2.75, 3.05) is 24.5 Å². The highest BCUT2D eigenvalue weighted by Crippen LogP contribution is 2.23. The summed E-state index contributed by atoms with van der Waals surface area (Å²) in [6, 6.07) is 10.7. The highest BCUT2D eigenvalue weighted by molar-refractivity contribution is 5.50. The van der Waals surface area contributed by atoms with Crippen molar-refractivity contribution in [3.8, 4) is 11.8 Å². The molecule has 0 spiro atoms. The molecular weight excluding hydrogens is 238 g/mol. The van der Waals surface area contributed by atoms with Crippen molar-refractivity contribution in [2.24, 2.45) is 0 Å². The monoisotopic (exact) mass is 259 g/mol. The largest absolute Gasteiger partial charge is 0.491 e. The van der Waals surface area contributed by atoms with Crippen LogP contribution in [0.5, 0.6) is 5.75 Å². The fourth-order valence-electron chi connectivity index (χ4n) is 2.38. The highest BCUT2D eigenvalue weighted by atomic mass is 16.5. The van der Waals surface area contributed by atoms with E-state index < -0.39 is 0 Å². The van der Waals surface area contributed by atoms with Crippen molar-refractivity contribution >= 4 is 5.69 Å². The van der Waals surface area contributed by atoms with Gasteiger partial charge in [-0.25, -0.2) is 0 Å². The summed E-state index contributed by atoms with van der Waals surface area (Å²) in [5.74, 6) is 0.894. The molecule has 0 aromatic heterocycles. The van der Waals surface area contributed by atoms with E-state index in [1.165, 1.54) is 0 Å². The van der Waals surface area contributed by atoms with E-state index in [1.807, 2.05) is 26.0 Å². The SMILES string of the molecule is CC(C)Oc1ccc(N2CCNCC2CC#N)cc1. The Labute approximate surface area is 115 Å². The third-order valence-corrected chi connectivity index (χ3v) is 3.22. The smallest absolute Gasteiger partial charge is 0.119 e. The lowest BCUT2D eigenvalue weighted by Crippen LogP contribution is -2.51. The molecule has 1 saturated heterocycles. The summed E-state index contributed by atoms with van der Waals surface area (Å²) in [5.41, 5.74) is 1.16. The number of hydrogen-bond donors (Lipinski definition) is 1. The van der Waals surface area contributed by atoms with Gasteiger partial charge in [-0.15, -0.1) is 0 Å². The van der Waals surface area contributed by atoms with Crippen LogP contribution in [0.1, 0.15) is 20.3 Å². The lowest BCUT2D eigenvalue weighted by atomic mass is 10.1. The molecule has 0 radical (unpaired) electrons. The molecule has 1 aliphatic heterocycles. The fourth-order valence-corrected chi connectivity index (χ4v) is 2.38. The van der Waals surface area contributed by atoms with Gasteiger partial charge < -0.3 is 15.0 Å². The van der Waals surface area contributed by atoms with E-state index in [4.69, 9.17) is 10.00 Å². The molecule has 19 heavy (non-hydrogen) atoms. The van der Waals surface area contributed by atoms with Crippen molar-refractivity contribution in [1.82, 2.24) is 5.32 Å². The second-order valence-corrected chi connectivity index (χ2v) is 5.07. The quantitative estimate of drug-likeness (QED) is 0.900. The van der Waals surface area contributed by atoms with Crippen LogP contribution in [0.25, 0.3) is 0 Å². The van der Waals surface area contributed by atoms with E-state index >= 15 is 0 Å². The summed E-state index contributed by atoms with van der Waals surface area (Å²) in [4.78, 5) is 2.30. The first-order valence-electron chi connectivity index (χ1n) is 6.81. The van der Waals surface area contributed by atoms with Gasteiger partial charge in [0.25, 0.3) is 0 Å². The molecular formula is C15H21N3O. The number of anilines is 1. The first-order chi connectivity index (χ1) is 9.20. The van der Waals surface area contributed by atoms with Crippen LogP contribution in [0.2, 0.25) is 0 Å². The Morgan fingerprint density at radius 1 is 1.42 bits per heavy atom. The topological polar surface area (TPSA) is 48.3 Å². The molecule has 0 amide bonds. The molecule has 1 atom stereocenters. The number of ether oxygens (including phenoxy) is 1. The van der Waals surface area contributed by atoms with Gasteiger partial charge in [0.15, 0.2) is 0 Å². The van der Waals surface area contributed by atoms with Crippen LogP contribution in [0.3, 0.4) is 0 Å². The molecule has 102 valence electrons. The fraction of sp³-hybridized carbons (Fsp3) is 0.533. The zero-order valence-corrected chi connectivity index (χ0v) is 11.6. The maximum absolute atomic E-state index is 8.90. The van der Waals surface area contributed by atoms with Crippen LogP contribution >= 0.6 is 0 Å². The van der Waals surface area contributed by atoms with Gasteiger partial charge in [0.1, 0.15) is 5.75 Å². The van der Waals surface area contributed by atoms with Crippen molar-refractivity contribution in [3.05, 3.63) is 24.3 Å². The summed E-state index contributed by atoms with van der Waals surface area (Å²) in [7, 11) is 0. The number of rotatable bonds is 4. The average molecular weight is 259 g/mol. The lowest BCUT2D eigenvalue weighted by molar-refractivity contribution is 0.242. The summed E-state index contributed by atoms with van der Waals surface area (Å²) in [6.07, 6.45) is 0.744. The van der Waals surface area contributed by atoms with Crippen LogP contribution < -0.4 is 15.0 Å². The molecule has 1 unspecified atom stereocenters. The molecule has 0 bridgehead atoms. The van der Waals surface area contributed by atoms with Crippen molar-refractivity contribution in [1.29, 1.82) is 5.26 Å². The number of piperazine rings is 1. The van der Waals surface area contributed by atoms with Crippen LogP contribution in [-0.4, -0.2) is 31.8 Å².